The summed E-state index contributed by atoms with van der Waals surface area (Å²) in [5.41, 5.74) is 0. The molecule has 14 heavy (non-hydrogen) atoms. The highest BCUT2D eigenvalue weighted by Crippen LogP contribution is 2.19. The van der Waals surface area contributed by atoms with Gasteiger partial charge in [-0.2, -0.15) is 4.98 Å². The van der Waals surface area contributed by atoms with Gasteiger partial charge >= 0.3 is 0 Å². The van der Waals surface area contributed by atoms with E-state index in [0.29, 0.717) is 24.3 Å². The third kappa shape index (κ3) is 2.30. The minimum Gasteiger partial charge on any atom is -0.374 e. The van der Waals surface area contributed by atoms with E-state index in [4.69, 9.17) is 9.26 Å². The number of nitrogens with one attached hydrogen (secondary N) is 1. The minimum atomic E-state index is -0.103. The summed E-state index contributed by atoms with van der Waals surface area (Å²) in [4.78, 5) is 4.22. The second-order valence-electron chi connectivity index (χ2n) is 3.58. The molecule has 0 aromatic carbocycles. The molecule has 0 radical (unpaired) electrons. The van der Waals surface area contributed by atoms with Gasteiger partial charge in [-0.3, -0.25) is 0 Å². The number of hydrogen-bond donors (Lipinski definition) is 1. The van der Waals surface area contributed by atoms with Gasteiger partial charge in [0.25, 0.3) is 0 Å². The van der Waals surface area contributed by atoms with Crippen LogP contribution in [0.1, 0.15) is 37.6 Å². The maximum atomic E-state index is 5.08. The lowest BCUT2D eigenvalue weighted by Gasteiger charge is -2.01. The first-order valence-corrected chi connectivity index (χ1v) is 4.88. The highest BCUT2D eigenvalue weighted by molar-refractivity contribution is 4.91. The van der Waals surface area contributed by atoms with Gasteiger partial charge in [0.15, 0.2) is 5.82 Å². The molecule has 1 saturated carbocycles. The molecule has 0 saturated heterocycles. The molecular weight excluding hydrogens is 182 g/mol. The molecule has 0 spiro atoms. The Hall–Kier alpha value is -0.940. The van der Waals surface area contributed by atoms with Gasteiger partial charge in [0.05, 0.1) is 6.54 Å². The summed E-state index contributed by atoms with van der Waals surface area (Å²) in [5, 5.41) is 7.14. The van der Waals surface area contributed by atoms with Gasteiger partial charge in [-0.25, -0.2) is 0 Å². The molecular formula is C9H15N3O2. The molecule has 1 atom stereocenters. The Labute approximate surface area is 82.8 Å². The fraction of sp³-hybridized carbons (Fsp3) is 0.778. The van der Waals surface area contributed by atoms with Gasteiger partial charge in [-0.05, 0) is 19.8 Å². The molecule has 1 heterocycles. The molecule has 78 valence electrons. The first kappa shape index (κ1) is 9.61. The predicted octanol–water partition coefficient (Wildman–Crippen LogP) is 1.03. The highest BCUT2D eigenvalue weighted by atomic mass is 16.5. The number of nitrogens with zero attached hydrogens (tertiary/aromatic N) is 2. The van der Waals surface area contributed by atoms with E-state index in [1.165, 1.54) is 12.8 Å². The fourth-order valence-corrected chi connectivity index (χ4v) is 1.13. The number of ether oxygens (including phenoxy) is 1. The molecule has 1 aliphatic carbocycles. The van der Waals surface area contributed by atoms with E-state index in [1.807, 2.05) is 6.92 Å². The largest absolute Gasteiger partial charge is 0.374 e. The third-order valence-electron chi connectivity index (χ3n) is 2.32. The highest BCUT2D eigenvalue weighted by Gasteiger charge is 2.21. The summed E-state index contributed by atoms with van der Waals surface area (Å²) < 4.78 is 10.1. The molecule has 1 N–H and O–H groups in total. The molecule has 1 aromatic rings. The summed E-state index contributed by atoms with van der Waals surface area (Å²) in [7, 11) is 1.63. The zero-order chi connectivity index (χ0) is 9.97. The van der Waals surface area contributed by atoms with E-state index in [2.05, 4.69) is 15.5 Å². The molecule has 1 unspecified atom stereocenters. The standard InChI is InChI=1S/C9H15N3O2/c1-6(13-2)9-11-8(14-12-9)5-10-7-3-4-7/h6-7,10H,3-5H2,1-2H3. The van der Waals surface area contributed by atoms with Crippen molar-refractivity contribution in [3.8, 4) is 0 Å². The summed E-state index contributed by atoms with van der Waals surface area (Å²) in [6, 6.07) is 0.658. The Morgan fingerprint density at radius 2 is 2.43 bits per heavy atom. The lowest BCUT2D eigenvalue weighted by atomic mass is 10.4. The van der Waals surface area contributed by atoms with E-state index in [1.54, 1.807) is 7.11 Å². The van der Waals surface area contributed by atoms with Gasteiger partial charge in [0, 0.05) is 13.2 Å². The quantitative estimate of drug-likeness (QED) is 0.763. The van der Waals surface area contributed by atoms with Crippen LogP contribution in [0.5, 0.6) is 0 Å². The van der Waals surface area contributed by atoms with E-state index >= 15 is 0 Å². The maximum Gasteiger partial charge on any atom is 0.240 e. The van der Waals surface area contributed by atoms with Crippen molar-refractivity contribution in [2.24, 2.45) is 0 Å². The molecule has 0 aliphatic heterocycles. The van der Waals surface area contributed by atoms with Crippen LogP contribution in [-0.4, -0.2) is 23.3 Å². The van der Waals surface area contributed by atoms with E-state index < -0.39 is 0 Å². The predicted molar refractivity (Wildman–Crippen MR) is 49.6 cm³/mol. The van der Waals surface area contributed by atoms with Crippen LogP contribution >= 0.6 is 0 Å². The van der Waals surface area contributed by atoms with Crippen molar-refractivity contribution in [1.29, 1.82) is 0 Å². The summed E-state index contributed by atoms with van der Waals surface area (Å²) in [6.07, 6.45) is 2.42. The van der Waals surface area contributed by atoms with Crippen LogP contribution in [0.3, 0.4) is 0 Å². The van der Waals surface area contributed by atoms with Crippen molar-refractivity contribution >= 4 is 0 Å². The van der Waals surface area contributed by atoms with Gasteiger partial charge in [0.2, 0.25) is 5.89 Å². The minimum absolute atomic E-state index is 0.103. The Balaban J connectivity index is 1.87. The van der Waals surface area contributed by atoms with Gasteiger partial charge in [-0.15, -0.1) is 0 Å². The van der Waals surface area contributed by atoms with Crippen molar-refractivity contribution in [3.63, 3.8) is 0 Å². The Bertz CT molecular complexity index is 296. The maximum absolute atomic E-state index is 5.08. The average molecular weight is 197 g/mol. The molecule has 1 aliphatic rings. The van der Waals surface area contributed by atoms with Crippen molar-refractivity contribution in [3.05, 3.63) is 11.7 Å². The summed E-state index contributed by atoms with van der Waals surface area (Å²) in [5.74, 6) is 1.25. The van der Waals surface area contributed by atoms with Gasteiger partial charge in [0.1, 0.15) is 6.10 Å². The van der Waals surface area contributed by atoms with Crippen LogP contribution in [-0.2, 0) is 11.3 Å². The van der Waals surface area contributed by atoms with Crippen molar-refractivity contribution < 1.29 is 9.26 Å². The van der Waals surface area contributed by atoms with Crippen LogP contribution in [0, 0.1) is 0 Å². The second kappa shape index (κ2) is 4.06. The monoisotopic (exact) mass is 197 g/mol. The third-order valence-corrected chi connectivity index (χ3v) is 2.32. The lowest BCUT2D eigenvalue weighted by molar-refractivity contribution is 0.109. The van der Waals surface area contributed by atoms with Crippen molar-refractivity contribution in [2.45, 2.75) is 38.5 Å². The Morgan fingerprint density at radius 1 is 1.64 bits per heavy atom. The van der Waals surface area contributed by atoms with E-state index in [9.17, 15) is 0 Å². The lowest BCUT2D eigenvalue weighted by Crippen LogP contribution is -2.15. The topological polar surface area (TPSA) is 60.2 Å². The number of aromatic nitrogens is 2. The van der Waals surface area contributed by atoms with Crippen LogP contribution in [0.4, 0.5) is 0 Å². The smallest absolute Gasteiger partial charge is 0.240 e. The molecule has 0 bridgehead atoms. The van der Waals surface area contributed by atoms with Crippen LogP contribution in [0.15, 0.2) is 4.52 Å². The zero-order valence-electron chi connectivity index (χ0n) is 8.49. The number of methoxy groups -OCH3 is 1. The molecule has 2 rings (SSSR count). The van der Waals surface area contributed by atoms with Crippen LogP contribution in [0.25, 0.3) is 0 Å². The number of rotatable bonds is 5. The first-order valence-electron chi connectivity index (χ1n) is 4.88. The van der Waals surface area contributed by atoms with Crippen molar-refractivity contribution in [2.75, 3.05) is 7.11 Å². The normalized spacial score (nSPS) is 18.4. The molecule has 1 fully saturated rings. The van der Waals surface area contributed by atoms with E-state index in [-0.39, 0.29) is 6.10 Å². The van der Waals surface area contributed by atoms with Crippen LogP contribution < -0.4 is 5.32 Å². The summed E-state index contributed by atoms with van der Waals surface area (Å²) in [6.45, 7) is 2.55. The Kier molecular flexibility index (Phi) is 2.79. The van der Waals surface area contributed by atoms with Gasteiger partial charge < -0.3 is 14.6 Å². The average Bonchev–Trinajstić information content (AvgIpc) is 2.92. The number of hydrogen-bond acceptors (Lipinski definition) is 5. The van der Waals surface area contributed by atoms with Crippen LogP contribution in [0.2, 0.25) is 0 Å². The fourth-order valence-electron chi connectivity index (χ4n) is 1.13. The summed E-state index contributed by atoms with van der Waals surface area (Å²) >= 11 is 0. The van der Waals surface area contributed by atoms with Gasteiger partial charge in [-0.1, -0.05) is 5.16 Å². The Morgan fingerprint density at radius 3 is 3.07 bits per heavy atom. The molecule has 5 nitrogen and oxygen atoms in total. The SMILES string of the molecule is COC(C)c1noc(CNC2CC2)n1. The first-order chi connectivity index (χ1) is 6.79. The molecule has 0 amide bonds. The van der Waals surface area contributed by atoms with Crippen molar-refractivity contribution in [1.82, 2.24) is 15.5 Å². The van der Waals surface area contributed by atoms with E-state index in [0.717, 1.165) is 0 Å². The molecule has 1 aromatic heterocycles. The zero-order valence-corrected chi connectivity index (χ0v) is 8.49. The molecule has 5 heteroatoms. The second-order valence-corrected chi connectivity index (χ2v) is 3.58.